The molecule has 20 heavy (non-hydrogen) atoms. The SMILES string of the molecule is CC(C)(C)OC(=O)N1CCCc2occ(C(=O)O)c2C1. The third kappa shape index (κ3) is 3.12. The molecule has 0 aliphatic carbocycles. The molecule has 1 N–H and O–H groups in total. The molecular formula is C14H19NO5. The van der Waals surface area contributed by atoms with E-state index in [0.717, 1.165) is 6.42 Å². The van der Waals surface area contributed by atoms with Crippen LogP contribution in [0.15, 0.2) is 10.7 Å². The van der Waals surface area contributed by atoms with E-state index in [2.05, 4.69) is 0 Å². The van der Waals surface area contributed by atoms with Crippen LogP contribution < -0.4 is 0 Å². The van der Waals surface area contributed by atoms with Crippen LogP contribution in [0.2, 0.25) is 0 Å². The van der Waals surface area contributed by atoms with Crippen LogP contribution in [0, 0.1) is 0 Å². The Bertz CT molecular complexity index is 526. The maximum Gasteiger partial charge on any atom is 0.410 e. The highest BCUT2D eigenvalue weighted by Gasteiger charge is 2.28. The maximum atomic E-state index is 12.1. The number of hydrogen-bond acceptors (Lipinski definition) is 4. The van der Waals surface area contributed by atoms with Crippen LogP contribution in [0.5, 0.6) is 0 Å². The van der Waals surface area contributed by atoms with Gasteiger partial charge in [-0.1, -0.05) is 0 Å². The van der Waals surface area contributed by atoms with Gasteiger partial charge >= 0.3 is 12.1 Å². The first-order chi connectivity index (χ1) is 9.28. The minimum atomic E-state index is -1.04. The summed E-state index contributed by atoms with van der Waals surface area (Å²) in [6.07, 6.45) is 2.16. The van der Waals surface area contributed by atoms with Gasteiger partial charge in [-0.05, 0) is 27.2 Å². The summed E-state index contributed by atoms with van der Waals surface area (Å²) in [6.45, 7) is 6.14. The summed E-state index contributed by atoms with van der Waals surface area (Å²) in [7, 11) is 0. The second kappa shape index (κ2) is 5.19. The standard InChI is InChI=1S/C14H19NO5/c1-14(2,3)20-13(18)15-6-4-5-11-9(7-15)10(8-19-11)12(16)17/h8H,4-7H2,1-3H3,(H,16,17). The summed E-state index contributed by atoms with van der Waals surface area (Å²) in [4.78, 5) is 24.8. The quantitative estimate of drug-likeness (QED) is 0.856. The first-order valence-corrected chi connectivity index (χ1v) is 6.58. The van der Waals surface area contributed by atoms with Gasteiger partial charge in [0.1, 0.15) is 23.2 Å². The van der Waals surface area contributed by atoms with Gasteiger partial charge in [0.05, 0.1) is 6.54 Å². The second-order valence-electron chi connectivity index (χ2n) is 5.86. The van der Waals surface area contributed by atoms with Crippen molar-refractivity contribution in [3.63, 3.8) is 0 Å². The topological polar surface area (TPSA) is 80.0 Å². The van der Waals surface area contributed by atoms with Crippen LogP contribution in [0.3, 0.4) is 0 Å². The lowest BCUT2D eigenvalue weighted by Crippen LogP contribution is -2.36. The molecule has 0 saturated carbocycles. The van der Waals surface area contributed by atoms with E-state index in [-0.39, 0.29) is 12.1 Å². The molecule has 0 aromatic carbocycles. The lowest BCUT2D eigenvalue weighted by molar-refractivity contribution is 0.0235. The van der Waals surface area contributed by atoms with Crippen molar-refractivity contribution in [2.24, 2.45) is 0 Å². The maximum absolute atomic E-state index is 12.1. The molecule has 0 bridgehead atoms. The molecule has 1 aromatic heterocycles. The van der Waals surface area contributed by atoms with Crippen LogP contribution in [-0.2, 0) is 17.7 Å². The molecular weight excluding hydrogens is 262 g/mol. The number of aryl methyl sites for hydroxylation is 1. The van der Waals surface area contributed by atoms with E-state index < -0.39 is 17.7 Å². The summed E-state index contributed by atoms with van der Waals surface area (Å²) >= 11 is 0. The first kappa shape index (κ1) is 14.4. The van der Waals surface area contributed by atoms with Gasteiger partial charge in [0.25, 0.3) is 0 Å². The fourth-order valence-electron chi connectivity index (χ4n) is 2.17. The lowest BCUT2D eigenvalue weighted by atomic mass is 10.1. The van der Waals surface area contributed by atoms with Crippen molar-refractivity contribution in [2.75, 3.05) is 6.54 Å². The van der Waals surface area contributed by atoms with Gasteiger partial charge < -0.3 is 19.2 Å². The van der Waals surface area contributed by atoms with Crippen LogP contribution in [0.4, 0.5) is 4.79 Å². The fraction of sp³-hybridized carbons (Fsp3) is 0.571. The molecule has 1 aliphatic rings. The van der Waals surface area contributed by atoms with Crippen LogP contribution in [0.25, 0.3) is 0 Å². The molecule has 0 saturated heterocycles. The lowest BCUT2D eigenvalue weighted by Gasteiger charge is -2.26. The Morgan fingerprint density at radius 1 is 1.40 bits per heavy atom. The number of carboxylic acid groups (broad SMARTS) is 1. The van der Waals surface area contributed by atoms with E-state index in [1.807, 2.05) is 0 Å². The zero-order valence-corrected chi connectivity index (χ0v) is 11.9. The van der Waals surface area contributed by atoms with E-state index in [9.17, 15) is 9.59 Å². The molecule has 0 unspecified atom stereocenters. The molecule has 2 heterocycles. The highest BCUT2D eigenvalue weighted by Crippen LogP contribution is 2.25. The minimum absolute atomic E-state index is 0.121. The number of carbonyl (C=O) groups excluding carboxylic acids is 1. The highest BCUT2D eigenvalue weighted by molar-refractivity contribution is 5.89. The fourth-order valence-corrected chi connectivity index (χ4v) is 2.17. The number of fused-ring (bicyclic) bond motifs is 1. The first-order valence-electron chi connectivity index (χ1n) is 6.58. The molecule has 1 aliphatic heterocycles. The van der Waals surface area contributed by atoms with E-state index in [0.29, 0.717) is 24.3 Å². The summed E-state index contributed by atoms with van der Waals surface area (Å²) in [5.74, 6) is -0.394. The zero-order chi connectivity index (χ0) is 14.9. The zero-order valence-electron chi connectivity index (χ0n) is 11.9. The van der Waals surface area contributed by atoms with Gasteiger partial charge in [-0.3, -0.25) is 0 Å². The number of nitrogens with zero attached hydrogens (tertiary/aromatic N) is 1. The van der Waals surface area contributed by atoms with Crippen LogP contribution in [-0.4, -0.2) is 34.2 Å². The van der Waals surface area contributed by atoms with Crippen molar-refractivity contribution in [1.82, 2.24) is 4.90 Å². The third-order valence-electron chi connectivity index (χ3n) is 3.04. The van der Waals surface area contributed by atoms with Gasteiger partial charge in [0.15, 0.2) is 0 Å². The number of amides is 1. The molecule has 0 atom stereocenters. The smallest absolute Gasteiger partial charge is 0.410 e. The Balaban J connectivity index is 2.21. The van der Waals surface area contributed by atoms with Crippen molar-refractivity contribution < 1.29 is 23.8 Å². The Morgan fingerprint density at radius 3 is 2.70 bits per heavy atom. The molecule has 6 heteroatoms. The van der Waals surface area contributed by atoms with Gasteiger partial charge in [0, 0.05) is 18.5 Å². The average Bonchev–Trinajstić information content (AvgIpc) is 2.57. The van der Waals surface area contributed by atoms with Gasteiger partial charge in [-0.15, -0.1) is 0 Å². The van der Waals surface area contributed by atoms with Gasteiger partial charge in [0.2, 0.25) is 0 Å². The van der Waals surface area contributed by atoms with Crippen LogP contribution >= 0.6 is 0 Å². The summed E-state index contributed by atoms with van der Waals surface area (Å²) in [6, 6.07) is 0. The van der Waals surface area contributed by atoms with Crippen molar-refractivity contribution >= 4 is 12.1 Å². The normalized spacial score (nSPS) is 15.4. The molecule has 0 spiro atoms. The second-order valence-corrected chi connectivity index (χ2v) is 5.86. The minimum Gasteiger partial charge on any atom is -0.478 e. The Hall–Kier alpha value is -1.98. The predicted octanol–water partition coefficient (Wildman–Crippen LogP) is 2.66. The number of carbonyl (C=O) groups is 2. The van der Waals surface area contributed by atoms with Crippen molar-refractivity contribution in [1.29, 1.82) is 0 Å². The Morgan fingerprint density at radius 2 is 2.10 bits per heavy atom. The predicted molar refractivity (Wildman–Crippen MR) is 70.6 cm³/mol. The number of carboxylic acids is 1. The van der Waals surface area contributed by atoms with E-state index in [1.165, 1.54) is 11.2 Å². The molecule has 6 nitrogen and oxygen atoms in total. The Kier molecular flexibility index (Phi) is 3.74. The molecule has 110 valence electrons. The molecule has 0 fully saturated rings. The van der Waals surface area contributed by atoms with Crippen molar-refractivity contribution in [2.45, 2.75) is 45.8 Å². The number of furan rings is 1. The van der Waals surface area contributed by atoms with Crippen molar-refractivity contribution in [3.8, 4) is 0 Å². The number of aromatic carboxylic acids is 1. The molecule has 2 rings (SSSR count). The summed E-state index contributed by atoms with van der Waals surface area (Å²) in [5, 5.41) is 9.14. The monoisotopic (exact) mass is 281 g/mol. The largest absolute Gasteiger partial charge is 0.478 e. The molecule has 1 aromatic rings. The molecule has 1 amide bonds. The third-order valence-corrected chi connectivity index (χ3v) is 3.04. The van der Waals surface area contributed by atoms with Gasteiger partial charge in [-0.2, -0.15) is 0 Å². The number of ether oxygens (including phenoxy) is 1. The summed E-state index contributed by atoms with van der Waals surface area (Å²) in [5.41, 5.74) is 0.120. The number of rotatable bonds is 1. The summed E-state index contributed by atoms with van der Waals surface area (Å²) < 4.78 is 10.6. The highest BCUT2D eigenvalue weighted by atomic mass is 16.6. The van der Waals surface area contributed by atoms with Gasteiger partial charge in [-0.25, -0.2) is 9.59 Å². The molecule has 0 radical (unpaired) electrons. The Labute approximate surface area is 117 Å². The number of hydrogen-bond donors (Lipinski definition) is 1. The van der Waals surface area contributed by atoms with E-state index >= 15 is 0 Å². The van der Waals surface area contributed by atoms with E-state index in [1.54, 1.807) is 20.8 Å². The van der Waals surface area contributed by atoms with Crippen LogP contribution in [0.1, 0.15) is 48.9 Å². The van der Waals surface area contributed by atoms with Crippen molar-refractivity contribution in [3.05, 3.63) is 23.2 Å². The average molecular weight is 281 g/mol. The van der Waals surface area contributed by atoms with E-state index in [4.69, 9.17) is 14.3 Å².